The molecule has 1 fully saturated rings. The van der Waals surface area contributed by atoms with Gasteiger partial charge in [0.2, 0.25) is 0 Å². The molecule has 3 aliphatic rings. The fourth-order valence-corrected chi connectivity index (χ4v) is 3.95. The van der Waals surface area contributed by atoms with E-state index in [9.17, 15) is 0 Å². The van der Waals surface area contributed by atoms with E-state index >= 15 is 0 Å². The number of fused-ring (bicyclic) bond motifs is 3. The third-order valence-electron chi connectivity index (χ3n) is 4.56. The van der Waals surface area contributed by atoms with E-state index in [-0.39, 0.29) is 0 Å². The lowest BCUT2D eigenvalue weighted by Crippen LogP contribution is -2.35. The van der Waals surface area contributed by atoms with Crippen LogP contribution >= 0.6 is 0 Å². The molecule has 1 N–H and O–H groups in total. The molecule has 0 radical (unpaired) electrons. The lowest BCUT2D eigenvalue weighted by atomic mass is 9.96. The van der Waals surface area contributed by atoms with E-state index in [1.54, 1.807) is 11.3 Å². The monoisotopic (exact) mass is 214 g/mol. The van der Waals surface area contributed by atoms with Crippen LogP contribution in [0.15, 0.2) is 18.2 Å². The summed E-state index contributed by atoms with van der Waals surface area (Å²) in [7, 11) is 0. The van der Waals surface area contributed by atoms with Crippen molar-refractivity contribution in [2.75, 3.05) is 18.0 Å². The van der Waals surface area contributed by atoms with Crippen molar-refractivity contribution >= 4 is 5.69 Å². The first-order valence-corrected chi connectivity index (χ1v) is 6.54. The second-order valence-corrected chi connectivity index (χ2v) is 5.33. The van der Waals surface area contributed by atoms with Crippen LogP contribution in [0.25, 0.3) is 0 Å². The van der Waals surface area contributed by atoms with Crippen molar-refractivity contribution in [1.29, 1.82) is 0 Å². The molecule has 84 valence electrons. The number of hydrogen-bond donors (Lipinski definition) is 1. The van der Waals surface area contributed by atoms with Crippen LogP contribution in [0.5, 0.6) is 0 Å². The Morgan fingerprint density at radius 3 is 3.25 bits per heavy atom. The van der Waals surface area contributed by atoms with Gasteiger partial charge in [-0.1, -0.05) is 24.6 Å². The van der Waals surface area contributed by atoms with Crippen LogP contribution in [0.3, 0.4) is 0 Å². The van der Waals surface area contributed by atoms with Gasteiger partial charge in [0, 0.05) is 37.3 Å². The Kier molecular flexibility index (Phi) is 1.83. The van der Waals surface area contributed by atoms with Gasteiger partial charge in [-0.05, 0) is 24.0 Å². The summed E-state index contributed by atoms with van der Waals surface area (Å²) in [5.41, 5.74) is 4.75. The molecule has 2 aliphatic heterocycles. The van der Waals surface area contributed by atoms with Crippen LogP contribution in [0, 0.1) is 0 Å². The zero-order valence-electron chi connectivity index (χ0n) is 9.58. The summed E-state index contributed by atoms with van der Waals surface area (Å²) >= 11 is 0. The Morgan fingerprint density at radius 2 is 2.25 bits per heavy atom. The lowest BCUT2D eigenvalue weighted by molar-refractivity contribution is 0.578. The van der Waals surface area contributed by atoms with Gasteiger partial charge in [-0.15, -0.1) is 0 Å². The molecule has 2 heterocycles. The molecule has 0 saturated heterocycles. The molecule has 2 heteroatoms. The highest BCUT2D eigenvalue weighted by atomic mass is 15.2. The van der Waals surface area contributed by atoms with E-state index in [4.69, 9.17) is 0 Å². The molecule has 4 rings (SSSR count). The highest BCUT2D eigenvalue weighted by Crippen LogP contribution is 2.50. The molecule has 0 spiro atoms. The van der Waals surface area contributed by atoms with Gasteiger partial charge in [0.1, 0.15) is 0 Å². The maximum absolute atomic E-state index is 3.53. The quantitative estimate of drug-likeness (QED) is 0.712. The largest absolute Gasteiger partial charge is 0.366 e. The van der Waals surface area contributed by atoms with Crippen LogP contribution in [0.1, 0.15) is 36.3 Å². The maximum atomic E-state index is 3.53. The first kappa shape index (κ1) is 9.06. The molecule has 1 aliphatic carbocycles. The van der Waals surface area contributed by atoms with Gasteiger partial charge in [0.05, 0.1) is 0 Å². The van der Waals surface area contributed by atoms with Crippen LogP contribution in [0.4, 0.5) is 5.69 Å². The molecule has 0 unspecified atom stereocenters. The van der Waals surface area contributed by atoms with Gasteiger partial charge in [-0.2, -0.15) is 0 Å². The Bertz CT molecular complexity index is 427. The second-order valence-electron chi connectivity index (χ2n) is 5.33. The number of nitrogens with zero attached hydrogens (tertiary/aromatic N) is 1. The van der Waals surface area contributed by atoms with E-state index in [2.05, 4.69) is 28.4 Å². The number of rotatable bonds is 0. The third kappa shape index (κ3) is 1.06. The molecule has 0 bridgehead atoms. The number of nitrogens with one attached hydrogen (secondary N) is 1. The van der Waals surface area contributed by atoms with Gasteiger partial charge in [-0.25, -0.2) is 0 Å². The van der Waals surface area contributed by atoms with E-state index in [0.29, 0.717) is 0 Å². The Hall–Kier alpha value is -1.02. The average Bonchev–Trinajstić information content (AvgIpc) is 2.80. The minimum absolute atomic E-state index is 0.816. The van der Waals surface area contributed by atoms with Crippen LogP contribution < -0.4 is 10.2 Å². The lowest BCUT2D eigenvalue weighted by Gasteiger charge is -2.26. The summed E-state index contributed by atoms with van der Waals surface area (Å²) in [6.07, 6.45) is 4.23. The number of para-hydroxylation sites is 1. The molecule has 1 aromatic rings. The van der Waals surface area contributed by atoms with E-state index < -0.39 is 0 Å². The molecular weight excluding hydrogens is 196 g/mol. The van der Waals surface area contributed by atoms with Gasteiger partial charge >= 0.3 is 0 Å². The van der Waals surface area contributed by atoms with Crippen LogP contribution in [-0.4, -0.2) is 19.1 Å². The van der Waals surface area contributed by atoms with Crippen molar-refractivity contribution in [2.24, 2.45) is 0 Å². The minimum Gasteiger partial charge on any atom is -0.366 e. The number of anilines is 1. The minimum atomic E-state index is 0.816. The molecule has 2 nitrogen and oxygen atoms in total. The predicted octanol–water partition coefficient (Wildman–Crippen LogP) is 2.25. The predicted molar refractivity (Wildman–Crippen MR) is 65.9 cm³/mol. The Morgan fingerprint density at radius 1 is 1.25 bits per heavy atom. The van der Waals surface area contributed by atoms with Gasteiger partial charge < -0.3 is 10.2 Å². The zero-order valence-corrected chi connectivity index (χ0v) is 9.58. The fraction of sp³-hybridized carbons (Fsp3) is 0.571. The van der Waals surface area contributed by atoms with Crippen molar-refractivity contribution in [3.05, 3.63) is 29.3 Å². The summed E-state index contributed by atoms with van der Waals surface area (Å²) in [6, 6.07) is 7.73. The highest BCUT2D eigenvalue weighted by molar-refractivity contribution is 5.67. The highest BCUT2D eigenvalue weighted by Gasteiger charge is 2.42. The Labute approximate surface area is 96.6 Å². The molecule has 0 amide bonds. The number of benzene rings is 1. The van der Waals surface area contributed by atoms with Gasteiger partial charge in [0.25, 0.3) is 0 Å². The SMILES string of the molecule is c1cc2c3c(c1)[C@H]1CCC[C@H]1N3CCNC2. The topological polar surface area (TPSA) is 15.3 Å². The molecule has 1 saturated carbocycles. The molecule has 2 atom stereocenters. The number of hydrogen-bond acceptors (Lipinski definition) is 2. The van der Waals surface area contributed by atoms with Crippen molar-refractivity contribution < 1.29 is 0 Å². The third-order valence-corrected chi connectivity index (χ3v) is 4.56. The molecule has 16 heavy (non-hydrogen) atoms. The zero-order chi connectivity index (χ0) is 10.5. The first-order chi connectivity index (χ1) is 7.95. The van der Waals surface area contributed by atoms with Crippen LogP contribution in [-0.2, 0) is 6.54 Å². The molecule has 0 aromatic heterocycles. The summed E-state index contributed by atoms with van der Waals surface area (Å²) in [5, 5.41) is 3.53. The second kappa shape index (κ2) is 3.24. The summed E-state index contributed by atoms with van der Waals surface area (Å²) in [5.74, 6) is 0.841. The van der Waals surface area contributed by atoms with Crippen molar-refractivity contribution in [3.63, 3.8) is 0 Å². The van der Waals surface area contributed by atoms with Crippen LogP contribution in [0.2, 0.25) is 0 Å². The van der Waals surface area contributed by atoms with E-state index in [1.807, 2.05) is 0 Å². The van der Waals surface area contributed by atoms with Crippen molar-refractivity contribution in [1.82, 2.24) is 5.32 Å². The molecule has 1 aromatic carbocycles. The van der Waals surface area contributed by atoms with Crippen molar-refractivity contribution in [3.8, 4) is 0 Å². The maximum Gasteiger partial charge on any atom is 0.0451 e. The first-order valence-electron chi connectivity index (χ1n) is 6.54. The van der Waals surface area contributed by atoms with Gasteiger partial charge in [-0.3, -0.25) is 0 Å². The fourth-order valence-electron chi connectivity index (χ4n) is 3.95. The normalized spacial score (nSPS) is 31.1. The van der Waals surface area contributed by atoms with Gasteiger partial charge in [0.15, 0.2) is 0 Å². The van der Waals surface area contributed by atoms with Crippen molar-refractivity contribution in [2.45, 2.75) is 37.8 Å². The molecular formula is C14H18N2. The summed E-state index contributed by atoms with van der Waals surface area (Å²) in [4.78, 5) is 2.70. The summed E-state index contributed by atoms with van der Waals surface area (Å²) < 4.78 is 0. The summed E-state index contributed by atoms with van der Waals surface area (Å²) in [6.45, 7) is 3.39. The average molecular weight is 214 g/mol. The van der Waals surface area contributed by atoms with E-state index in [0.717, 1.165) is 25.0 Å². The standard InChI is InChI=1S/C14H18N2/c1-3-10-9-15-7-8-16-13-6-2-4-11(13)12(5-1)14(10)16/h1,3,5,11,13,15H,2,4,6-9H2/t11-,13-/m1/s1. The smallest absolute Gasteiger partial charge is 0.0451 e. The van der Waals surface area contributed by atoms with E-state index in [1.165, 1.54) is 31.4 Å². The Balaban J connectivity index is 1.92.